The highest BCUT2D eigenvalue weighted by Gasteiger charge is 2.90. The van der Waals surface area contributed by atoms with Gasteiger partial charge in [0.15, 0.2) is 0 Å². The quantitative estimate of drug-likeness (QED) is 0.385. The fraction of sp³-hybridized carbons (Fsp3) is 1.00. The van der Waals surface area contributed by atoms with E-state index in [0.717, 1.165) is 6.42 Å². The number of hydrogen-bond donors (Lipinski definition) is 0. The van der Waals surface area contributed by atoms with Crippen molar-refractivity contribution in [3.05, 3.63) is 0 Å². The molecule has 0 aromatic heterocycles. The van der Waals surface area contributed by atoms with Gasteiger partial charge >= 0.3 is 0 Å². The monoisotopic (exact) mass is 460 g/mol. The maximum absolute atomic E-state index is 6.82. The van der Waals surface area contributed by atoms with Gasteiger partial charge in [-0.05, 0) is 55.8 Å². The van der Waals surface area contributed by atoms with Crippen LogP contribution < -0.4 is 0 Å². The molecule has 2 saturated carbocycles. The molecule has 4 aliphatic rings. The molecule has 0 radical (unpaired) electrons. The van der Waals surface area contributed by atoms with Crippen LogP contribution >= 0.6 is 0 Å². The molecule has 0 aromatic rings. The first kappa shape index (κ1) is 26.0. The minimum atomic E-state index is -0.128. The molecule has 0 spiro atoms. The van der Waals surface area contributed by atoms with Crippen LogP contribution in [0.15, 0.2) is 0 Å². The maximum Gasteiger partial charge on any atom is 0.101 e. The molecule has 0 aromatic carbocycles. The fourth-order valence-electron chi connectivity index (χ4n) is 10.4. The van der Waals surface area contributed by atoms with Crippen molar-refractivity contribution in [2.75, 3.05) is 0 Å². The normalized spacial score (nSPS) is 55.8. The summed E-state index contributed by atoms with van der Waals surface area (Å²) in [6.07, 6.45) is 1.15. The van der Waals surface area contributed by atoms with Crippen molar-refractivity contribution in [2.45, 2.75) is 153 Å². The minimum Gasteiger partial charge on any atom is -0.362 e. The lowest BCUT2D eigenvalue weighted by Crippen LogP contribution is -2.73. The van der Waals surface area contributed by atoms with Crippen molar-refractivity contribution in [2.24, 2.45) is 43.3 Å². The number of rotatable bonds is 2. The van der Waals surface area contributed by atoms with Crippen LogP contribution in [0.4, 0.5) is 0 Å². The van der Waals surface area contributed by atoms with E-state index in [9.17, 15) is 0 Å². The molecule has 4 fully saturated rings. The summed E-state index contributed by atoms with van der Waals surface area (Å²) in [4.78, 5) is 0. The van der Waals surface area contributed by atoms with Gasteiger partial charge in [0.2, 0.25) is 0 Å². The molecule has 6 atom stereocenters. The highest BCUT2D eigenvalue weighted by molar-refractivity contribution is 5.37. The Morgan fingerprint density at radius 1 is 0.303 bits per heavy atom. The lowest BCUT2D eigenvalue weighted by Gasteiger charge is -2.73. The lowest BCUT2D eigenvalue weighted by atomic mass is 9.29. The van der Waals surface area contributed by atoms with Crippen LogP contribution in [0.1, 0.15) is 131 Å². The Labute approximate surface area is 206 Å². The maximum atomic E-state index is 6.82. The Balaban J connectivity index is 1.97. The Morgan fingerprint density at radius 3 is 0.758 bits per heavy atom. The van der Waals surface area contributed by atoms with Gasteiger partial charge < -0.3 is 9.47 Å². The number of epoxide rings is 2. The van der Waals surface area contributed by atoms with Gasteiger partial charge in [0.05, 0.1) is 0 Å². The zero-order chi connectivity index (χ0) is 26.1. The zero-order valence-corrected chi connectivity index (χ0v) is 25.5. The first-order valence-electron chi connectivity index (χ1n) is 13.5. The summed E-state index contributed by atoms with van der Waals surface area (Å²) in [6, 6.07) is 0. The van der Waals surface area contributed by atoms with Gasteiger partial charge in [-0.25, -0.2) is 0 Å². The van der Waals surface area contributed by atoms with Crippen LogP contribution in [0.5, 0.6) is 0 Å². The van der Waals surface area contributed by atoms with Crippen LogP contribution in [0.3, 0.4) is 0 Å². The number of fused-ring (bicyclic) bond motifs is 2. The Kier molecular flexibility index (Phi) is 4.28. The Hall–Kier alpha value is -0.0800. The Morgan fingerprint density at radius 2 is 0.515 bits per heavy atom. The zero-order valence-electron chi connectivity index (χ0n) is 25.5. The van der Waals surface area contributed by atoms with Gasteiger partial charge in [-0.15, -0.1) is 0 Å². The standard InChI is InChI=1S/C31H56O2/c1-20(2)22(5,6)28(15)30(17,32-28)24(9,10)26(20,13)19-27(14)21(3,4)23(7,8)29(16)31(18,33-29)25(27,11)12/h19H2,1-18H3. The predicted molar refractivity (Wildman–Crippen MR) is 139 cm³/mol. The van der Waals surface area contributed by atoms with Crippen LogP contribution in [0.2, 0.25) is 0 Å². The molecule has 2 nitrogen and oxygen atoms in total. The van der Waals surface area contributed by atoms with Gasteiger partial charge in [0.25, 0.3) is 0 Å². The van der Waals surface area contributed by atoms with Crippen LogP contribution in [-0.2, 0) is 9.47 Å². The van der Waals surface area contributed by atoms with Crippen molar-refractivity contribution < 1.29 is 9.47 Å². The van der Waals surface area contributed by atoms with E-state index in [1.807, 2.05) is 0 Å². The van der Waals surface area contributed by atoms with Crippen LogP contribution in [0, 0.1) is 43.3 Å². The highest BCUT2D eigenvalue weighted by Crippen LogP contribution is 2.87. The number of hydrogen-bond acceptors (Lipinski definition) is 2. The second-order valence-corrected chi connectivity index (χ2v) is 16.9. The SMILES string of the molecule is CC1(C)C(C)(C)C2(C)OC2(C)C(C)(C)C1(C)CC1(C)C(C)(C)C(C)(C)C2(C)OC2(C)C1(C)C. The molecule has 33 heavy (non-hydrogen) atoms. The van der Waals surface area contributed by atoms with Crippen molar-refractivity contribution in [3.63, 3.8) is 0 Å². The van der Waals surface area contributed by atoms with Crippen molar-refractivity contribution in [1.29, 1.82) is 0 Å². The lowest BCUT2D eigenvalue weighted by molar-refractivity contribution is -0.243. The van der Waals surface area contributed by atoms with E-state index in [0.29, 0.717) is 0 Å². The first-order valence-corrected chi connectivity index (χ1v) is 13.5. The highest BCUT2D eigenvalue weighted by atomic mass is 16.6. The molecule has 6 unspecified atom stereocenters. The van der Waals surface area contributed by atoms with E-state index in [-0.39, 0.29) is 65.7 Å². The molecular weight excluding hydrogens is 404 g/mol. The van der Waals surface area contributed by atoms with Gasteiger partial charge in [-0.2, -0.15) is 0 Å². The first-order chi connectivity index (χ1) is 14.1. The molecule has 4 rings (SSSR count). The summed E-state index contributed by atoms with van der Waals surface area (Å²) < 4.78 is 13.6. The largest absolute Gasteiger partial charge is 0.362 e. The average molecular weight is 461 g/mol. The minimum absolute atomic E-state index is 0.0130. The van der Waals surface area contributed by atoms with Gasteiger partial charge in [-0.3, -0.25) is 0 Å². The molecule has 2 saturated heterocycles. The third-order valence-electron chi connectivity index (χ3n) is 16.7. The van der Waals surface area contributed by atoms with E-state index < -0.39 is 0 Å². The summed E-state index contributed by atoms with van der Waals surface area (Å²) >= 11 is 0. The topological polar surface area (TPSA) is 25.1 Å². The van der Waals surface area contributed by atoms with Crippen molar-refractivity contribution in [3.8, 4) is 0 Å². The van der Waals surface area contributed by atoms with Gasteiger partial charge in [0, 0.05) is 21.7 Å². The number of ether oxygens (including phenoxy) is 2. The second-order valence-electron chi connectivity index (χ2n) is 16.9. The Bertz CT molecular complexity index is 847. The smallest absolute Gasteiger partial charge is 0.101 e. The van der Waals surface area contributed by atoms with E-state index in [2.05, 4.69) is 125 Å². The molecular formula is C31H56O2. The molecule has 192 valence electrons. The predicted octanol–water partition coefficient (Wildman–Crippen LogP) is 8.67. The van der Waals surface area contributed by atoms with Crippen molar-refractivity contribution in [1.82, 2.24) is 0 Å². The molecule has 0 amide bonds. The van der Waals surface area contributed by atoms with Crippen LogP contribution in [-0.4, -0.2) is 22.4 Å². The van der Waals surface area contributed by atoms with E-state index in [4.69, 9.17) is 9.47 Å². The average Bonchev–Trinajstić information content (AvgIpc) is 3.44. The van der Waals surface area contributed by atoms with Gasteiger partial charge in [-0.1, -0.05) is 96.9 Å². The molecule has 2 aliphatic carbocycles. The fourth-order valence-corrected chi connectivity index (χ4v) is 10.4. The van der Waals surface area contributed by atoms with Crippen molar-refractivity contribution >= 4 is 0 Å². The molecule has 0 bridgehead atoms. The van der Waals surface area contributed by atoms with E-state index in [1.165, 1.54) is 0 Å². The van der Waals surface area contributed by atoms with Crippen LogP contribution in [0.25, 0.3) is 0 Å². The van der Waals surface area contributed by atoms with E-state index in [1.54, 1.807) is 0 Å². The molecule has 2 aliphatic heterocycles. The summed E-state index contributed by atoms with van der Waals surface area (Å²) in [6.45, 7) is 44.8. The summed E-state index contributed by atoms with van der Waals surface area (Å²) in [5.41, 5.74) is -0.113. The third kappa shape index (κ3) is 1.92. The molecule has 0 N–H and O–H groups in total. The van der Waals surface area contributed by atoms with Gasteiger partial charge in [0.1, 0.15) is 22.4 Å². The molecule has 2 heteroatoms. The summed E-state index contributed by atoms with van der Waals surface area (Å²) in [5, 5.41) is 0. The summed E-state index contributed by atoms with van der Waals surface area (Å²) in [7, 11) is 0. The molecule has 2 heterocycles. The third-order valence-corrected chi connectivity index (χ3v) is 16.7. The van der Waals surface area contributed by atoms with E-state index >= 15 is 0 Å². The second kappa shape index (κ2) is 5.44. The summed E-state index contributed by atoms with van der Waals surface area (Å²) in [5.74, 6) is 0.